The van der Waals surface area contributed by atoms with Gasteiger partial charge < -0.3 is 9.80 Å². The number of hydrogen-bond acceptors (Lipinski definition) is 6. The highest BCUT2D eigenvalue weighted by Crippen LogP contribution is 2.20. The zero-order chi connectivity index (χ0) is 17.4. The molecule has 2 rings (SSSR count). The van der Waals surface area contributed by atoms with Gasteiger partial charge in [-0.2, -0.15) is 0 Å². The average molecular weight is 332 g/mol. The molecule has 2 aliphatic rings. The predicted octanol–water partition coefficient (Wildman–Crippen LogP) is 4.12. The van der Waals surface area contributed by atoms with Gasteiger partial charge in [-0.3, -0.25) is 0 Å². The highest BCUT2D eigenvalue weighted by atomic mass is 19.1. The molecule has 0 atom stereocenters. The van der Waals surface area contributed by atoms with Crippen molar-refractivity contribution in [3.05, 3.63) is 94.1 Å². The van der Waals surface area contributed by atoms with E-state index in [4.69, 9.17) is 0 Å². The van der Waals surface area contributed by atoms with E-state index in [2.05, 4.69) is 10.4 Å². The van der Waals surface area contributed by atoms with Crippen molar-refractivity contribution in [3.63, 3.8) is 0 Å². The van der Waals surface area contributed by atoms with Crippen LogP contribution in [-0.4, -0.2) is 22.9 Å². The first kappa shape index (κ1) is 17.2. The topological polar surface area (TPSA) is 65.3 Å². The summed E-state index contributed by atoms with van der Waals surface area (Å²) in [6.07, 6.45) is 14.0. The second-order valence-corrected chi connectivity index (χ2v) is 4.83. The third kappa shape index (κ3) is 4.67. The summed E-state index contributed by atoms with van der Waals surface area (Å²) in [7, 11) is 0. The Morgan fingerprint density at radius 1 is 0.833 bits per heavy atom. The first-order valence-corrected chi connectivity index (χ1v) is 6.97. The lowest BCUT2D eigenvalue weighted by Crippen LogP contribution is -2.15. The fraction of sp³-hybridized carbons (Fsp3) is 0.125. The van der Waals surface area contributed by atoms with E-state index < -0.39 is 11.7 Å². The lowest BCUT2D eigenvalue weighted by molar-refractivity contribution is 0.507. The van der Waals surface area contributed by atoms with E-state index in [0.717, 1.165) is 12.4 Å². The second kappa shape index (κ2) is 8.47. The number of nitroso groups, excluding NO2 is 2. The fourth-order valence-electron chi connectivity index (χ4n) is 1.98. The Bertz CT molecular complexity index is 658. The SMILES string of the molecule is O=N/C=C1/C=CN(C/C=C/CN2C=C/C(=C\N=O)C(F)=C2)C=C1F. The molecule has 0 fully saturated rings. The molecule has 0 aromatic rings. The largest absolute Gasteiger partial charge is 0.348 e. The van der Waals surface area contributed by atoms with Gasteiger partial charge in [-0.1, -0.05) is 12.2 Å². The normalized spacial score (nSPS) is 20.8. The van der Waals surface area contributed by atoms with Crippen molar-refractivity contribution in [2.24, 2.45) is 10.4 Å². The van der Waals surface area contributed by atoms with Gasteiger partial charge in [-0.25, -0.2) is 8.78 Å². The van der Waals surface area contributed by atoms with Crippen LogP contribution in [0.2, 0.25) is 0 Å². The standard InChI is InChI=1S/C16H14F2N4O2/c17-15-11-21(7-3-13(15)9-19-23)5-1-2-6-22-8-4-14(10-20-24)16(18)12-22/h1-4,7-12H,5-6H2/b2-1+,13-9-,14-10+. The van der Waals surface area contributed by atoms with Gasteiger partial charge >= 0.3 is 0 Å². The molecule has 8 heteroatoms. The minimum atomic E-state index is -0.544. The van der Waals surface area contributed by atoms with Crippen LogP contribution in [0.3, 0.4) is 0 Å². The molecular weight excluding hydrogens is 318 g/mol. The van der Waals surface area contributed by atoms with E-state index in [1.54, 1.807) is 34.4 Å². The third-order valence-electron chi connectivity index (χ3n) is 3.18. The smallest absolute Gasteiger partial charge is 0.148 e. The van der Waals surface area contributed by atoms with Gasteiger partial charge in [0.2, 0.25) is 0 Å². The first-order valence-electron chi connectivity index (χ1n) is 6.97. The Labute approximate surface area is 137 Å². The van der Waals surface area contributed by atoms with Crippen molar-refractivity contribution >= 4 is 0 Å². The number of halogens is 2. The molecule has 124 valence electrons. The Morgan fingerprint density at radius 2 is 1.25 bits per heavy atom. The lowest BCUT2D eigenvalue weighted by atomic mass is 10.2. The maximum atomic E-state index is 13.6. The predicted molar refractivity (Wildman–Crippen MR) is 87.0 cm³/mol. The molecule has 0 amide bonds. The van der Waals surface area contributed by atoms with Gasteiger partial charge in [0.05, 0.1) is 12.4 Å². The summed E-state index contributed by atoms with van der Waals surface area (Å²) in [6, 6.07) is 0. The van der Waals surface area contributed by atoms with E-state index in [1.165, 1.54) is 24.6 Å². The highest BCUT2D eigenvalue weighted by Gasteiger charge is 2.10. The molecule has 0 bridgehead atoms. The van der Waals surface area contributed by atoms with Gasteiger partial charge in [-0.15, -0.1) is 9.81 Å². The number of allylic oxidation sites excluding steroid dienone is 6. The number of hydrogen-bond donors (Lipinski definition) is 0. The first-order chi connectivity index (χ1) is 11.6. The average Bonchev–Trinajstić information content (AvgIpc) is 2.56. The van der Waals surface area contributed by atoms with Crippen LogP contribution in [0.5, 0.6) is 0 Å². The second-order valence-electron chi connectivity index (χ2n) is 4.83. The minimum Gasteiger partial charge on any atom is -0.348 e. The zero-order valence-corrected chi connectivity index (χ0v) is 12.5. The monoisotopic (exact) mass is 332 g/mol. The van der Waals surface area contributed by atoms with Crippen molar-refractivity contribution in [1.82, 2.24) is 9.80 Å². The summed E-state index contributed by atoms with van der Waals surface area (Å²) in [4.78, 5) is 23.4. The molecule has 0 aromatic carbocycles. The van der Waals surface area contributed by atoms with Crippen molar-refractivity contribution in [1.29, 1.82) is 0 Å². The maximum absolute atomic E-state index is 13.6. The van der Waals surface area contributed by atoms with Crippen molar-refractivity contribution in [2.45, 2.75) is 0 Å². The number of rotatable bonds is 6. The summed E-state index contributed by atoms with van der Waals surface area (Å²) in [5, 5.41) is 5.07. The molecule has 0 aliphatic carbocycles. The molecule has 24 heavy (non-hydrogen) atoms. The van der Waals surface area contributed by atoms with Crippen LogP contribution in [0.1, 0.15) is 0 Å². The van der Waals surface area contributed by atoms with Crippen LogP contribution in [0.25, 0.3) is 0 Å². The Morgan fingerprint density at radius 3 is 1.58 bits per heavy atom. The van der Waals surface area contributed by atoms with Crippen molar-refractivity contribution in [3.8, 4) is 0 Å². The zero-order valence-electron chi connectivity index (χ0n) is 12.5. The number of nitrogens with zero attached hydrogens (tertiary/aromatic N) is 4. The van der Waals surface area contributed by atoms with E-state index in [1.807, 2.05) is 0 Å². The van der Waals surface area contributed by atoms with Gasteiger partial charge in [0.25, 0.3) is 0 Å². The Balaban J connectivity index is 1.85. The summed E-state index contributed by atoms with van der Waals surface area (Å²) in [5.41, 5.74) is 0.246. The fourth-order valence-corrected chi connectivity index (χ4v) is 1.98. The van der Waals surface area contributed by atoms with Crippen molar-refractivity contribution < 1.29 is 8.78 Å². The van der Waals surface area contributed by atoms with Crippen LogP contribution in [0.15, 0.2) is 94.7 Å². The van der Waals surface area contributed by atoms with Crippen LogP contribution in [0, 0.1) is 9.81 Å². The summed E-state index contributed by atoms with van der Waals surface area (Å²) in [6.45, 7) is 0.825. The van der Waals surface area contributed by atoms with Gasteiger partial charge in [0.15, 0.2) is 0 Å². The van der Waals surface area contributed by atoms with Crippen LogP contribution >= 0.6 is 0 Å². The molecule has 0 saturated carbocycles. The molecule has 0 saturated heterocycles. The van der Waals surface area contributed by atoms with E-state index in [-0.39, 0.29) is 11.1 Å². The quantitative estimate of drug-likeness (QED) is 0.542. The molecular formula is C16H14F2N4O2. The molecule has 2 heterocycles. The van der Waals surface area contributed by atoms with Gasteiger partial charge in [0.1, 0.15) is 11.7 Å². The molecule has 0 radical (unpaired) electrons. The molecule has 6 nitrogen and oxygen atoms in total. The molecule has 2 aliphatic heterocycles. The lowest BCUT2D eigenvalue weighted by Gasteiger charge is -2.19. The molecule has 0 unspecified atom stereocenters. The summed E-state index contributed by atoms with van der Waals surface area (Å²) < 4.78 is 27.2. The van der Waals surface area contributed by atoms with Crippen LogP contribution in [0.4, 0.5) is 8.78 Å². The molecule has 0 spiro atoms. The maximum Gasteiger partial charge on any atom is 0.148 e. The van der Waals surface area contributed by atoms with Crippen LogP contribution in [-0.2, 0) is 0 Å². The van der Waals surface area contributed by atoms with E-state index >= 15 is 0 Å². The van der Waals surface area contributed by atoms with Gasteiger partial charge in [-0.05, 0) is 22.5 Å². The Kier molecular flexibility index (Phi) is 6.07. The molecule has 0 N–H and O–H groups in total. The van der Waals surface area contributed by atoms with Gasteiger partial charge in [0, 0.05) is 49.0 Å². The van der Waals surface area contributed by atoms with E-state index in [0.29, 0.717) is 13.1 Å². The summed E-state index contributed by atoms with van der Waals surface area (Å²) >= 11 is 0. The Hall–Kier alpha value is -3.16. The van der Waals surface area contributed by atoms with Crippen LogP contribution < -0.4 is 0 Å². The summed E-state index contributed by atoms with van der Waals surface area (Å²) in [5.74, 6) is -1.09. The van der Waals surface area contributed by atoms with Crippen molar-refractivity contribution in [2.75, 3.05) is 13.1 Å². The minimum absolute atomic E-state index is 0.123. The van der Waals surface area contributed by atoms with E-state index in [9.17, 15) is 18.6 Å². The third-order valence-corrected chi connectivity index (χ3v) is 3.18. The highest BCUT2D eigenvalue weighted by molar-refractivity contribution is 5.39. The molecule has 0 aromatic heterocycles.